The van der Waals surface area contributed by atoms with Crippen molar-refractivity contribution in [2.75, 3.05) is 13.2 Å². The summed E-state index contributed by atoms with van der Waals surface area (Å²) < 4.78 is 11.3. The summed E-state index contributed by atoms with van der Waals surface area (Å²) in [6.07, 6.45) is 13.8. The van der Waals surface area contributed by atoms with E-state index >= 15 is 0 Å². The van der Waals surface area contributed by atoms with Gasteiger partial charge < -0.3 is 9.47 Å². The zero-order chi connectivity index (χ0) is 26.9. The summed E-state index contributed by atoms with van der Waals surface area (Å²) in [5.41, 5.74) is 0. The second kappa shape index (κ2) is 25.7. The molecule has 0 spiro atoms. The lowest BCUT2D eigenvalue weighted by atomic mass is 9.99. The number of carbonyl (C=O) groups excluding carboxylic acids is 1. The molecule has 0 saturated heterocycles. The molecule has 7 heteroatoms. The molecular weight excluding hydrogens is 460 g/mol. The molecule has 0 saturated carbocycles. The molecule has 0 aliphatic rings. The van der Waals surface area contributed by atoms with Gasteiger partial charge in [-0.2, -0.15) is 9.78 Å². The summed E-state index contributed by atoms with van der Waals surface area (Å²) in [7, 11) is 0. The van der Waals surface area contributed by atoms with Gasteiger partial charge >= 0.3 is 6.16 Å². The van der Waals surface area contributed by atoms with Crippen LogP contribution >= 0.6 is 0 Å². The van der Waals surface area contributed by atoms with Crippen molar-refractivity contribution in [3.8, 4) is 0 Å². The molecule has 0 aromatic heterocycles. The smallest absolute Gasteiger partial charge is 0.401 e. The molecule has 36 heavy (non-hydrogen) atoms. The van der Waals surface area contributed by atoms with Gasteiger partial charge in [0, 0.05) is 11.8 Å². The predicted molar refractivity (Wildman–Crippen MR) is 144 cm³/mol. The van der Waals surface area contributed by atoms with Gasteiger partial charge in [-0.05, 0) is 38.5 Å². The van der Waals surface area contributed by atoms with E-state index in [4.69, 9.17) is 29.0 Å². The second-order valence-corrected chi connectivity index (χ2v) is 9.80. The maximum Gasteiger partial charge on any atom is 0.513 e. The molecule has 0 radical (unpaired) electrons. The quantitative estimate of drug-likeness (QED) is 0.0371. The van der Waals surface area contributed by atoms with Crippen molar-refractivity contribution in [1.29, 1.82) is 0 Å². The van der Waals surface area contributed by atoms with Crippen LogP contribution in [0.3, 0.4) is 0 Å². The monoisotopic (exact) mass is 518 g/mol. The Morgan fingerprint density at radius 3 is 1.25 bits per heavy atom. The molecule has 4 atom stereocenters. The van der Waals surface area contributed by atoms with E-state index in [1.165, 1.54) is 12.8 Å². The number of hydrogen-bond donors (Lipinski definition) is 0. The molecule has 0 aliphatic heterocycles. The van der Waals surface area contributed by atoms with E-state index in [0.717, 1.165) is 89.9 Å². The minimum absolute atomic E-state index is 0.0318. The van der Waals surface area contributed by atoms with Gasteiger partial charge in [0.2, 0.25) is 12.6 Å². The summed E-state index contributed by atoms with van der Waals surface area (Å²) in [6, 6.07) is 0. The first kappa shape index (κ1) is 35.1. The van der Waals surface area contributed by atoms with E-state index < -0.39 is 18.7 Å². The SMILES string of the molecule is CCCCCCOOC(OC(=O)OC(OOCCCCCC)C(CC)CCCC)C(CC)CCCC. The van der Waals surface area contributed by atoms with Crippen LogP contribution in [-0.2, 0) is 29.0 Å². The van der Waals surface area contributed by atoms with Crippen LogP contribution in [0, 0.1) is 11.8 Å². The van der Waals surface area contributed by atoms with Crippen molar-refractivity contribution in [1.82, 2.24) is 0 Å². The molecular formula is C29H58O7. The summed E-state index contributed by atoms with van der Waals surface area (Å²) >= 11 is 0. The molecule has 0 rings (SSSR count). The molecule has 4 unspecified atom stereocenters. The fraction of sp³-hybridized carbons (Fsp3) is 0.966. The van der Waals surface area contributed by atoms with Crippen molar-refractivity contribution < 1.29 is 33.8 Å². The van der Waals surface area contributed by atoms with Crippen molar-refractivity contribution in [2.24, 2.45) is 11.8 Å². The average Bonchev–Trinajstić information content (AvgIpc) is 2.88. The highest BCUT2D eigenvalue weighted by Gasteiger charge is 2.31. The average molecular weight is 519 g/mol. The molecule has 0 amide bonds. The molecule has 0 bridgehead atoms. The fourth-order valence-electron chi connectivity index (χ4n) is 4.01. The van der Waals surface area contributed by atoms with Gasteiger partial charge in [-0.3, -0.25) is 0 Å². The third-order valence-electron chi connectivity index (χ3n) is 6.59. The van der Waals surface area contributed by atoms with Crippen LogP contribution in [0.2, 0.25) is 0 Å². The van der Waals surface area contributed by atoms with Gasteiger partial charge in [-0.25, -0.2) is 14.6 Å². The third kappa shape index (κ3) is 18.4. The topological polar surface area (TPSA) is 72.5 Å². The molecule has 0 aromatic carbocycles. The Balaban J connectivity index is 5.07. The van der Waals surface area contributed by atoms with Gasteiger partial charge in [0.05, 0.1) is 13.2 Å². The van der Waals surface area contributed by atoms with Crippen LogP contribution in [0.25, 0.3) is 0 Å². The predicted octanol–water partition coefficient (Wildman–Crippen LogP) is 9.28. The first-order valence-electron chi connectivity index (χ1n) is 15.0. The number of rotatable bonds is 26. The lowest BCUT2D eigenvalue weighted by Crippen LogP contribution is -2.35. The first-order chi connectivity index (χ1) is 17.6. The highest BCUT2D eigenvalue weighted by Crippen LogP contribution is 2.25. The van der Waals surface area contributed by atoms with Crippen molar-refractivity contribution in [2.45, 2.75) is 157 Å². The molecule has 0 N–H and O–H groups in total. The largest absolute Gasteiger partial charge is 0.513 e. The minimum Gasteiger partial charge on any atom is -0.401 e. The van der Waals surface area contributed by atoms with Gasteiger partial charge in [0.15, 0.2) is 0 Å². The standard InChI is InChI=1S/C29H58O7/c1-7-13-17-19-23-31-35-27(25(11-5)21-15-9-3)33-29(30)34-28(26(12-6)22-16-10-4)36-32-24-20-18-14-8-2/h25-28H,7-24H2,1-6H3. The van der Waals surface area contributed by atoms with Crippen LogP contribution in [0.15, 0.2) is 0 Å². The van der Waals surface area contributed by atoms with Crippen LogP contribution in [0.5, 0.6) is 0 Å². The lowest BCUT2D eigenvalue weighted by Gasteiger charge is -2.28. The van der Waals surface area contributed by atoms with Crippen LogP contribution < -0.4 is 0 Å². The molecule has 0 fully saturated rings. The van der Waals surface area contributed by atoms with Crippen LogP contribution in [0.4, 0.5) is 4.79 Å². The highest BCUT2D eigenvalue weighted by atomic mass is 17.2. The van der Waals surface area contributed by atoms with E-state index in [1.807, 2.05) is 0 Å². The molecule has 216 valence electrons. The van der Waals surface area contributed by atoms with E-state index in [-0.39, 0.29) is 11.8 Å². The number of hydrogen-bond acceptors (Lipinski definition) is 7. The van der Waals surface area contributed by atoms with Gasteiger partial charge in [-0.15, -0.1) is 0 Å². The van der Waals surface area contributed by atoms with Crippen molar-refractivity contribution in [3.05, 3.63) is 0 Å². The van der Waals surface area contributed by atoms with E-state index in [9.17, 15) is 4.79 Å². The third-order valence-corrected chi connectivity index (χ3v) is 6.59. The zero-order valence-electron chi connectivity index (χ0n) is 24.4. The summed E-state index contributed by atoms with van der Waals surface area (Å²) in [4.78, 5) is 35.0. The maximum absolute atomic E-state index is 12.9. The van der Waals surface area contributed by atoms with Gasteiger partial charge in [0.25, 0.3) is 0 Å². The van der Waals surface area contributed by atoms with E-state index in [0.29, 0.717) is 13.2 Å². The fourth-order valence-corrected chi connectivity index (χ4v) is 4.01. The molecule has 7 nitrogen and oxygen atoms in total. The maximum atomic E-state index is 12.9. The van der Waals surface area contributed by atoms with Gasteiger partial charge in [-0.1, -0.05) is 106 Å². The normalized spacial score (nSPS) is 14.8. The Bertz CT molecular complexity index is 435. The Hall–Kier alpha value is -0.890. The zero-order valence-corrected chi connectivity index (χ0v) is 24.4. The first-order valence-corrected chi connectivity index (χ1v) is 15.0. The Labute approximate surface area is 222 Å². The van der Waals surface area contributed by atoms with Crippen molar-refractivity contribution in [3.63, 3.8) is 0 Å². The van der Waals surface area contributed by atoms with Gasteiger partial charge in [0.1, 0.15) is 0 Å². The summed E-state index contributed by atoms with van der Waals surface area (Å²) in [5, 5.41) is 0. The number of carbonyl (C=O) groups is 1. The molecule has 0 heterocycles. The Kier molecular flexibility index (Phi) is 25.1. The van der Waals surface area contributed by atoms with E-state index in [1.54, 1.807) is 0 Å². The van der Waals surface area contributed by atoms with Crippen molar-refractivity contribution >= 4 is 6.16 Å². The Morgan fingerprint density at radius 1 is 0.528 bits per heavy atom. The highest BCUT2D eigenvalue weighted by molar-refractivity contribution is 5.60. The van der Waals surface area contributed by atoms with E-state index in [2.05, 4.69) is 41.5 Å². The number of unbranched alkanes of at least 4 members (excludes halogenated alkanes) is 8. The number of ether oxygens (including phenoxy) is 2. The second-order valence-electron chi connectivity index (χ2n) is 9.80. The molecule has 0 aliphatic carbocycles. The molecule has 0 aromatic rings. The Morgan fingerprint density at radius 2 is 0.917 bits per heavy atom. The lowest BCUT2D eigenvalue weighted by molar-refractivity contribution is -0.397. The summed E-state index contributed by atoms with van der Waals surface area (Å²) in [6.45, 7) is 13.7. The minimum atomic E-state index is -0.813. The van der Waals surface area contributed by atoms with Crippen LogP contribution in [0.1, 0.15) is 144 Å². The van der Waals surface area contributed by atoms with Crippen LogP contribution in [-0.4, -0.2) is 31.9 Å². The summed E-state index contributed by atoms with van der Waals surface area (Å²) in [5.74, 6) is 0.0637.